The fourth-order valence-corrected chi connectivity index (χ4v) is 1.87. The van der Waals surface area contributed by atoms with Crippen molar-refractivity contribution in [1.82, 2.24) is 9.97 Å². The van der Waals surface area contributed by atoms with Crippen LogP contribution in [0.5, 0.6) is 0 Å². The lowest BCUT2D eigenvalue weighted by Crippen LogP contribution is -2.24. The van der Waals surface area contributed by atoms with Crippen LogP contribution >= 0.6 is 0 Å². The minimum Gasteiger partial charge on any atom is -0.396 e. The van der Waals surface area contributed by atoms with E-state index in [1.165, 1.54) is 0 Å². The molecule has 4 heteroatoms. The zero-order chi connectivity index (χ0) is 13.0. The van der Waals surface area contributed by atoms with Crippen LogP contribution < -0.4 is 10.6 Å². The van der Waals surface area contributed by atoms with Crippen molar-refractivity contribution < 1.29 is 0 Å². The van der Waals surface area contributed by atoms with Crippen LogP contribution in [0.15, 0.2) is 36.7 Å². The van der Waals surface area contributed by atoms with Crippen LogP contribution in [0.3, 0.4) is 0 Å². The molecule has 2 N–H and O–H groups in total. The number of aryl methyl sites for hydroxylation is 1. The number of hydrogen-bond donors (Lipinski definition) is 1. The quantitative estimate of drug-likeness (QED) is 0.894. The Labute approximate surface area is 107 Å². The van der Waals surface area contributed by atoms with Gasteiger partial charge >= 0.3 is 0 Å². The Morgan fingerprint density at radius 2 is 2.11 bits per heavy atom. The maximum Gasteiger partial charge on any atom is 0.152 e. The number of anilines is 2. The molecular formula is C14H18N4. The molecule has 0 atom stereocenters. The monoisotopic (exact) mass is 242 g/mol. The molecule has 0 spiro atoms. The molecule has 2 heterocycles. The summed E-state index contributed by atoms with van der Waals surface area (Å²) in [6.07, 6.45) is 3.64. The highest BCUT2D eigenvalue weighted by Crippen LogP contribution is 2.22. The summed E-state index contributed by atoms with van der Waals surface area (Å²) in [6.45, 7) is 5.64. The molecule has 2 aromatic rings. The molecule has 0 saturated carbocycles. The summed E-state index contributed by atoms with van der Waals surface area (Å²) in [5.41, 5.74) is 8.83. The number of pyridine rings is 2. The molecule has 0 radical (unpaired) electrons. The van der Waals surface area contributed by atoms with Gasteiger partial charge in [-0.25, -0.2) is 4.98 Å². The first kappa shape index (κ1) is 12.4. The van der Waals surface area contributed by atoms with E-state index in [1.807, 2.05) is 37.4 Å². The summed E-state index contributed by atoms with van der Waals surface area (Å²) >= 11 is 0. The van der Waals surface area contributed by atoms with Crippen molar-refractivity contribution in [2.24, 2.45) is 0 Å². The fraction of sp³-hybridized carbons (Fsp3) is 0.286. The Morgan fingerprint density at radius 3 is 2.72 bits per heavy atom. The topological polar surface area (TPSA) is 55.0 Å². The number of nitrogens with two attached hydrogens (primary N) is 1. The third-order valence-corrected chi connectivity index (χ3v) is 2.79. The van der Waals surface area contributed by atoms with E-state index in [-0.39, 0.29) is 0 Å². The van der Waals surface area contributed by atoms with Crippen LogP contribution in [-0.4, -0.2) is 16.5 Å². The zero-order valence-electron chi connectivity index (χ0n) is 10.8. The van der Waals surface area contributed by atoms with Gasteiger partial charge in [-0.15, -0.1) is 0 Å². The number of aromatic nitrogens is 2. The molecule has 2 rings (SSSR count). The van der Waals surface area contributed by atoms with E-state index < -0.39 is 0 Å². The Hall–Kier alpha value is -2.10. The maximum absolute atomic E-state index is 6.03. The summed E-state index contributed by atoms with van der Waals surface area (Å²) in [5.74, 6) is 0.828. The Balaban J connectivity index is 2.23. The van der Waals surface area contributed by atoms with Crippen molar-refractivity contribution in [3.63, 3.8) is 0 Å². The minimum absolute atomic E-state index is 0.716. The van der Waals surface area contributed by atoms with Gasteiger partial charge in [-0.1, -0.05) is 6.07 Å². The van der Waals surface area contributed by atoms with Crippen LogP contribution in [-0.2, 0) is 6.54 Å². The van der Waals surface area contributed by atoms with Gasteiger partial charge in [-0.05, 0) is 37.6 Å². The summed E-state index contributed by atoms with van der Waals surface area (Å²) in [6, 6.07) is 7.86. The van der Waals surface area contributed by atoms with E-state index in [2.05, 4.69) is 21.8 Å². The largest absolute Gasteiger partial charge is 0.396 e. The van der Waals surface area contributed by atoms with Crippen molar-refractivity contribution in [1.29, 1.82) is 0 Å². The molecule has 94 valence electrons. The van der Waals surface area contributed by atoms with E-state index >= 15 is 0 Å². The molecule has 0 fully saturated rings. The standard InChI is InChI=1S/C14H18N4/c1-3-18(10-12-6-4-5-7-16-12)14-13(15)8-11(2)9-17-14/h4-9H,3,10,15H2,1-2H3. The second-order valence-corrected chi connectivity index (χ2v) is 4.26. The summed E-state index contributed by atoms with van der Waals surface area (Å²) in [7, 11) is 0. The summed E-state index contributed by atoms with van der Waals surface area (Å²) < 4.78 is 0. The predicted molar refractivity (Wildman–Crippen MR) is 74.3 cm³/mol. The Bertz CT molecular complexity index is 510. The average molecular weight is 242 g/mol. The number of rotatable bonds is 4. The first-order valence-corrected chi connectivity index (χ1v) is 6.07. The van der Waals surface area contributed by atoms with Crippen molar-refractivity contribution in [2.45, 2.75) is 20.4 Å². The van der Waals surface area contributed by atoms with Gasteiger partial charge in [0.1, 0.15) is 0 Å². The summed E-state index contributed by atoms with van der Waals surface area (Å²) in [5, 5.41) is 0. The first-order valence-electron chi connectivity index (χ1n) is 6.07. The number of hydrogen-bond acceptors (Lipinski definition) is 4. The smallest absolute Gasteiger partial charge is 0.152 e. The normalized spacial score (nSPS) is 10.3. The molecule has 0 bridgehead atoms. The van der Waals surface area contributed by atoms with Gasteiger partial charge in [0.25, 0.3) is 0 Å². The van der Waals surface area contributed by atoms with Crippen LogP contribution in [0, 0.1) is 6.92 Å². The van der Waals surface area contributed by atoms with Gasteiger partial charge < -0.3 is 10.6 Å². The molecular weight excluding hydrogens is 224 g/mol. The first-order chi connectivity index (χ1) is 8.70. The minimum atomic E-state index is 0.716. The van der Waals surface area contributed by atoms with Crippen LogP contribution in [0.1, 0.15) is 18.2 Å². The molecule has 2 aromatic heterocycles. The van der Waals surface area contributed by atoms with Gasteiger partial charge in [0.2, 0.25) is 0 Å². The predicted octanol–water partition coefficient (Wildman–Crippen LogP) is 2.39. The SMILES string of the molecule is CCN(Cc1ccccn1)c1ncc(C)cc1N. The molecule has 0 aromatic carbocycles. The van der Waals surface area contributed by atoms with E-state index in [0.717, 1.165) is 30.2 Å². The second kappa shape index (κ2) is 5.49. The lowest BCUT2D eigenvalue weighted by Gasteiger charge is -2.23. The highest BCUT2D eigenvalue weighted by molar-refractivity contribution is 5.63. The van der Waals surface area contributed by atoms with E-state index in [9.17, 15) is 0 Å². The second-order valence-electron chi connectivity index (χ2n) is 4.26. The van der Waals surface area contributed by atoms with Crippen molar-refractivity contribution in [3.8, 4) is 0 Å². The Morgan fingerprint density at radius 1 is 1.28 bits per heavy atom. The molecule has 0 aliphatic rings. The number of nitrogen functional groups attached to an aromatic ring is 1. The molecule has 0 amide bonds. The molecule has 0 unspecified atom stereocenters. The highest BCUT2D eigenvalue weighted by Gasteiger charge is 2.10. The zero-order valence-corrected chi connectivity index (χ0v) is 10.8. The van der Waals surface area contributed by atoms with Crippen molar-refractivity contribution >= 4 is 11.5 Å². The molecule has 0 aliphatic carbocycles. The van der Waals surface area contributed by atoms with E-state index in [1.54, 1.807) is 6.20 Å². The van der Waals surface area contributed by atoms with Gasteiger partial charge in [0.05, 0.1) is 17.9 Å². The van der Waals surface area contributed by atoms with Crippen molar-refractivity contribution in [2.75, 3.05) is 17.2 Å². The third-order valence-electron chi connectivity index (χ3n) is 2.79. The lowest BCUT2D eigenvalue weighted by molar-refractivity contribution is 0.795. The average Bonchev–Trinajstić information content (AvgIpc) is 2.38. The third kappa shape index (κ3) is 2.77. The van der Waals surface area contributed by atoms with Crippen molar-refractivity contribution in [3.05, 3.63) is 47.9 Å². The van der Waals surface area contributed by atoms with E-state index in [4.69, 9.17) is 5.73 Å². The van der Waals surface area contributed by atoms with Gasteiger partial charge in [-0.3, -0.25) is 4.98 Å². The fourth-order valence-electron chi connectivity index (χ4n) is 1.87. The molecule has 18 heavy (non-hydrogen) atoms. The van der Waals surface area contributed by atoms with Gasteiger partial charge in [0.15, 0.2) is 5.82 Å². The van der Waals surface area contributed by atoms with E-state index in [0.29, 0.717) is 5.69 Å². The molecule has 0 saturated heterocycles. The highest BCUT2D eigenvalue weighted by atomic mass is 15.2. The van der Waals surface area contributed by atoms with Gasteiger partial charge in [-0.2, -0.15) is 0 Å². The summed E-state index contributed by atoms with van der Waals surface area (Å²) in [4.78, 5) is 10.9. The van der Waals surface area contributed by atoms with Crippen LogP contribution in [0.2, 0.25) is 0 Å². The molecule has 4 nitrogen and oxygen atoms in total. The maximum atomic E-state index is 6.03. The number of nitrogens with zero attached hydrogens (tertiary/aromatic N) is 3. The van der Waals surface area contributed by atoms with Crippen LogP contribution in [0.4, 0.5) is 11.5 Å². The van der Waals surface area contributed by atoms with Gasteiger partial charge in [0, 0.05) is 18.9 Å². The van der Waals surface area contributed by atoms with Crippen LogP contribution in [0.25, 0.3) is 0 Å². The molecule has 0 aliphatic heterocycles. The Kier molecular flexibility index (Phi) is 3.77. The lowest BCUT2D eigenvalue weighted by atomic mass is 10.2.